The molecule has 15 heteroatoms. The number of hydrogen-bond acceptors (Lipinski definition) is 7. The number of ketones is 1. The summed E-state index contributed by atoms with van der Waals surface area (Å²) in [4.78, 5) is 69.0. The van der Waals surface area contributed by atoms with Crippen molar-refractivity contribution in [2.24, 2.45) is 34.5 Å². The summed E-state index contributed by atoms with van der Waals surface area (Å²) in [5, 5.41) is 11.0. The highest BCUT2D eigenvalue weighted by Gasteiger charge is 2.70. The van der Waals surface area contributed by atoms with Crippen molar-refractivity contribution in [2.45, 2.75) is 91.9 Å². The molecule has 6 atom stereocenters. The average molecular weight is 696 g/mol. The molecule has 4 N–H and O–H groups in total. The van der Waals surface area contributed by atoms with Gasteiger partial charge >= 0.3 is 6.03 Å². The largest absolute Gasteiger partial charge is 0.346 e. The van der Waals surface area contributed by atoms with Crippen LogP contribution in [0.15, 0.2) is 12.7 Å². The van der Waals surface area contributed by atoms with E-state index in [1.165, 1.54) is 32.1 Å². The van der Waals surface area contributed by atoms with Crippen molar-refractivity contribution in [1.29, 1.82) is 0 Å². The Morgan fingerprint density at radius 2 is 1.62 bits per heavy atom. The molecule has 48 heavy (non-hydrogen) atoms. The highest BCUT2D eigenvalue weighted by molar-refractivity contribution is 7.86. The van der Waals surface area contributed by atoms with E-state index in [0.717, 1.165) is 21.5 Å². The molecule has 0 aromatic rings. The SMILES string of the molecule is C=CCNC(=O)C(=O)C(CC1CC1)NC(=O)[C@@H]1[C@@H]2[C@H](CN1C(=O)[C@@H](NC(=O)N[C@H](CN(C)S(=O)(=O)N(C)C)C(C)C)C(C)(C)C)C2(C)C. The first-order valence-electron chi connectivity index (χ1n) is 16.8. The Kier molecular flexibility index (Phi) is 12.2. The molecule has 0 aromatic carbocycles. The minimum Gasteiger partial charge on any atom is -0.346 e. The molecule has 0 aromatic heterocycles. The number of nitrogens with zero attached hydrogens (tertiary/aromatic N) is 3. The van der Waals surface area contributed by atoms with Crippen molar-refractivity contribution in [1.82, 2.24) is 34.8 Å². The fourth-order valence-corrected chi connectivity index (χ4v) is 7.53. The van der Waals surface area contributed by atoms with Gasteiger partial charge in [0.15, 0.2) is 0 Å². The lowest BCUT2D eigenvalue weighted by Crippen LogP contribution is -2.62. The summed E-state index contributed by atoms with van der Waals surface area (Å²) in [6, 6.07) is -4.13. The minimum atomic E-state index is -3.71. The van der Waals surface area contributed by atoms with Gasteiger partial charge in [-0.1, -0.05) is 67.4 Å². The van der Waals surface area contributed by atoms with Crippen molar-refractivity contribution >= 4 is 39.7 Å². The summed E-state index contributed by atoms with van der Waals surface area (Å²) in [5.74, 6) is -2.43. The van der Waals surface area contributed by atoms with Crippen LogP contribution in [0.2, 0.25) is 0 Å². The fourth-order valence-electron chi connectivity index (χ4n) is 6.63. The molecule has 3 rings (SSSR count). The summed E-state index contributed by atoms with van der Waals surface area (Å²) in [6.07, 6.45) is 3.65. The van der Waals surface area contributed by atoms with Gasteiger partial charge in [-0.25, -0.2) is 4.79 Å². The molecule has 0 radical (unpaired) electrons. The third-order valence-corrected chi connectivity index (χ3v) is 12.0. The molecule has 1 heterocycles. The van der Waals surface area contributed by atoms with Gasteiger partial charge < -0.3 is 26.2 Å². The number of rotatable bonds is 16. The van der Waals surface area contributed by atoms with Crippen molar-refractivity contribution in [3.8, 4) is 0 Å². The standard InChI is InChI=1S/C33H57N7O7S/c1-12-15-34-29(43)26(41)22(16-20-13-14-20)35-28(42)25-24-21(33(24,7)8)17-40(25)30(44)27(32(4,5)6)37-31(45)36-23(19(2)3)18-39(11)48(46,47)38(9)10/h12,19-25,27H,1,13-18H2,2-11H3,(H,34,43)(H,35,42)(H2,36,37,45)/t21-,22?,23+,24-,25-,27+/m0/s1. The number of amides is 5. The molecule has 14 nitrogen and oxygen atoms in total. The van der Waals surface area contributed by atoms with Crippen LogP contribution in [-0.4, -0.2) is 116 Å². The number of carbonyl (C=O) groups excluding carboxylic acids is 5. The second-order valence-corrected chi connectivity index (χ2v) is 18.1. The van der Waals surface area contributed by atoms with Crippen LogP contribution in [0.3, 0.4) is 0 Å². The summed E-state index contributed by atoms with van der Waals surface area (Å²) < 4.78 is 27.5. The quantitative estimate of drug-likeness (QED) is 0.138. The molecule has 2 saturated carbocycles. The van der Waals surface area contributed by atoms with Crippen LogP contribution in [-0.2, 0) is 29.4 Å². The molecule has 2 aliphatic carbocycles. The Hall–Kier alpha value is -3.04. The Labute approximate surface area is 286 Å². The van der Waals surface area contributed by atoms with Crippen molar-refractivity contribution in [3.05, 3.63) is 12.7 Å². The first kappa shape index (κ1) is 39.4. The van der Waals surface area contributed by atoms with Crippen molar-refractivity contribution in [3.63, 3.8) is 0 Å². The van der Waals surface area contributed by atoms with E-state index in [9.17, 15) is 32.4 Å². The second kappa shape index (κ2) is 14.8. The molecular formula is C33H57N7O7S. The summed E-state index contributed by atoms with van der Waals surface area (Å²) in [5.41, 5.74) is -0.967. The zero-order chi connectivity index (χ0) is 36.5. The zero-order valence-electron chi connectivity index (χ0n) is 30.3. The van der Waals surface area contributed by atoms with E-state index in [-0.39, 0.29) is 42.2 Å². The predicted molar refractivity (Wildman–Crippen MR) is 183 cm³/mol. The van der Waals surface area contributed by atoms with E-state index in [2.05, 4.69) is 27.8 Å². The van der Waals surface area contributed by atoms with Gasteiger partial charge in [0.2, 0.25) is 17.6 Å². The number of hydrogen-bond donors (Lipinski definition) is 4. The van der Waals surface area contributed by atoms with Crippen molar-refractivity contribution in [2.75, 3.05) is 40.8 Å². The maximum atomic E-state index is 14.3. The van der Waals surface area contributed by atoms with Gasteiger partial charge in [0.05, 0.1) is 6.04 Å². The van der Waals surface area contributed by atoms with Crippen LogP contribution in [0, 0.1) is 34.5 Å². The molecule has 0 bridgehead atoms. The maximum absolute atomic E-state index is 14.3. The summed E-state index contributed by atoms with van der Waals surface area (Å²) in [6.45, 7) is 17.3. The first-order valence-corrected chi connectivity index (χ1v) is 18.2. The van der Waals surface area contributed by atoms with Crippen LogP contribution in [0.5, 0.6) is 0 Å². The second-order valence-electron chi connectivity index (χ2n) is 15.8. The minimum absolute atomic E-state index is 0.0128. The molecule has 3 aliphatic rings. The highest BCUT2D eigenvalue weighted by Crippen LogP contribution is 2.65. The highest BCUT2D eigenvalue weighted by atomic mass is 32.2. The van der Waals surface area contributed by atoms with E-state index in [1.807, 2.05) is 48.5 Å². The third-order valence-electron chi connectivity index (χ3n) is 10.1. The Morgan fingerprint density at radius 3 is 2.12 bits per heavy atom. The van der Waals surface area contributed by atoms with Crippen LogP contribution in [0.25, 0.3) is 0 Å². The lowest BCUT2D eigenvalue weighted by atomic mass is 9.85. The number of likely N-dealkylation sites (tertiary alicyclic amines) is 1. The molecule has 1 unspecified atom stereocenters. The summed E-state index contributed by atoms with van der Waals surface area (Å²) >= 11 is 0. The van der Waals surface area contributed by atoms with E-state index in [4.69, 9.17) is 0 Å². The van der Waals surface area contributed by atoms with Crippen LogP contribution >= 0.6 is 0 Å². The van der Waals surface area contributed by atoms with Gasteiger partial charge in [-0.2, -0.15) is 17.0 Å². The monoisotopic (exact) mass is 695 g/mol. The van der Waals surface area contributed by atoms with Gasteiger partial charge in [-0.3, -0.25) is 19.2 Å². The van der Waals surface area contributed by atoms with Gasteiger partial charge in [-0.15, -0.1) is 6.58 Å². The normalized spacial score (nSPS) is 23.6. The topological polar surface area (TPSA) is 177 Å². The van der Waals surface area contributed by atoms with Gasteiger partial charge in [-0.05, 0) is 40.9 Å². The molecule has 0 spiro atoms. The lowest BCUT2D eigenvalue weighted by Gasteiger charge is -2.38. The smallest absolute Gasteiger partial charge is 0.315 e. The fraction of sp³-hybridized carbons (Fsp3) is 0.788. The first-order chi connectivity index (χ1) is 22.0. The predicted octanol–water partition coefficient (Wildman–Crippen LogP) is 1.10. The number of urea groups is 1. The van der Waals surface area contributed by atoms with Gasteiger partial charge in [0, 0.05) is 46.8 Å². The average Bonchev–Trinajstić information content (AvgIpc) is 3.83. The zero-order valence-corrected chi connectivity index (χ0v) is 31.1. The van der Waals surface area contributed by atoms with E-state index in [0.29, 0.717) is 13.0 Å². The number of piperidine rings is 1. The maximum Gasteiger partial charge on any atom is 0.315 e. The van der Waals surface area contributed by atoms with Gasteiger partial charge in [0.1, 0.15) is 12.1 Å². The lowest BCUT2D eigenvalue weighted by molar-refractivity contribution is -0.145. The number of likely N-dealkylation sites (N-methyl/N-ethyl adjacent to an activating group) is 1. The molecule has 1 aliphatic heterocycles. The van der Waals surface area contributed by atoms with E-state index < -0.39 is 69.3 Å². The molecule has 272 valence electrons. The number of fused-ring (bicyclic) bond motifs is 1. The Balaban J connectivity index is 1.81. The van der Waals surface area contributed by atoms with Crippen LogP contribution < -0.4 is 21.3 Å². The third kappa shape index (κ3) is 8.94. The molecule has 5 amide bonds. The Morgan fingerprint density at radius 1 is 1.02 bits per heavy atom. The number of Topliss-reactive ketones (excluding diaryl/α,β-unsaturated/α-hetero) is 1. The van der Waals surface area contributed by atoms with Gasteiger partial charge in [0.25, 0.3) is 16.1 Å². The van der Waals surface area contributed by atoms with E-state index in [1.54, 1.807) is 0 Å². The Bertz CT molecular complexity index is 1370. The summed E-state index contributed by atoms with van der Waals surface area (Å²) in [7, 11) is 0.583. The van der Waals surface area contributed by atoms with E-state index >= 15 is 0 Å². The van der Waals surface area contributed by atoms with Crippen LogP contribution in [0.1, 0.15) is 67.7 Å². The number of carbonyl (C=O) groups is 5. The molecule has 1 saturated heterocycles. The number of nitrogens with one attached hydrogen (secondary N) is 4. The molecular weight excluding hydrogens is 638 g/mol. The van der Waals surface area contributed by atoms with Crippen LogP contribution in [0.4, 0.5) is 4.79 Å². The molecule has 3 fully saturated rings. The van der Waals surface area contributed by atoms with Crippen molar-refractivity contribution < 1.29 is 32.4 Å².